The molecule has 0 spiro atoms. The second-order valence-electron chi connectivity index (χ2n) is 6.89. The van der Waals surface area contributed by atoms with E-state index in [0.29, 0.717) is 40.8 Å². The van der Waals surface area contributed by atoms with E-state index in [0.717, 1.165) is 29.7 Å². The highest BCUT2D eigenvalue weighted by Crippen LogP contribution is 2.41. The van der Waals surface area contributed by atoms with E-state index < -0.39 is 0 Å². The van der Waals surface area contributed by atoms with Crippen LogP contribution in [0.4, 0.5) is 0 Å². The van der Waals surface area contributed by atoms with Crippen LogP contribution in [0.2, 0.25) is 0 Å². The van der Waals surface area contributed by atoms with Crippen molar-refractivity contribution >= 4 is 11.0 Å². The fraction of sp³-hybridized carbons (Fsp3) is 0.263. The van der Waals surface area contributed by atoms with E-state index in [-0.39, 0.29) is 5.56 Å². The summed E-state index contributed by atoms with van der Waals surface area (Å²) < 4.78 is 7.15. The zero-order valence-electron chi connectivity index (χ0n) is 14.8. The third-order valence-electron chi connectivity index (χ3n) is 4.93. The average Bonchev–Trinajstić information content (AvgIpc) is 3.36. The van der Waals surface area contributed by atoms with Crippen molar-refractivity contribution in [3.8, 4) is 22.8 Å². The highest BCUT2D eigenvalue weighted by atomic mass is 16.5. The van der Waals surface area contributed by atoms with E-state index in [9.17, 15) is 4.79 Å². The zero-order valence-corrected chi connectivity index (χ0v) is 14.8. The van der Waals surface area contributed by atoms with E-state index in [1.165, 1.54) is 0 Å². The van der Waals surface area contributed by atoms with Crippen molar-refractivity contribution in [1.82, 2.24) is 24.9 Å². The molecule has 3 N–H and O–H groups in total. The summed E-state index contributed by atoms with van der Waals surface area (Å²) in [6.07, 6.45) is 2.22. The molecule has 1 fully saturated rings. The molecule has 0 saturated heterocycles. The predicted molar refractivity (Wildman–Crippen MR) is 99.9 cm³/mol. The minimum atomic E-state index is -0.218. The Labute approximate surface area is 154 Å². The molecule has 8 heteroatoms. The lowest BCUT2D eigenvalue weighted by molar-refractivity contribution is 0.432. The van der Waals surface area contributed by atoms with Gasteiger partial charge in [-0.15, -0.1) is 0 Å². The second-order valence-corrected chi connectivity index (χ2v) is 6.89. The Morgan fingerprint density at radius 3 is 2.74 bits per heavy atom. The first-order chi connectivity index (χ1) is 13.1. The average molecular weight is 362 g/mol. The van der Waals surface area contributed by atoms with Crippen molar-refractivity contribution in [3.63, 3.8) is 0 Å². The molecule has 1 aliphatic rings. The second kappa shape index (κ2) is 5.88. The van der Waals surface area contributed by atoms with Gasteiger partial charge in [0.15, 0.2) is 5.65 Å². The van der Waals surface area contributed by atoms with Gasteiger partial charge in [0, 0.05) is 30.8 Å². The van der Waals surface area contributed by atoms with Crippen molar-refractivity contribution in [2.75, 3.05) is 0 Å². The van der Waals surface area contributed by atoms with Gasteiger partial charge in [0.1, 0.15) is 0 Å². The number of hydrogen-bond donors (Lipinski definition) is 2. The molecule has 0 atom stereocenters. The molecule has 0 bridgehead atoms. The standard InChI is InChI=1S/C19H18N6O2/c1-25-17-15(18(26)23-25)13(8-14(21-17)11-6-7-11)19-22-16(24-27-19)12-4-2-10(9-20)3-5-12/h2-5,8,11H,6-7,9,20H2,1H3,(H,23,26). The topological polar surface area (TPSA) is 116 Å². The molecule has 1 saturated carbocycles. The number of nitrogens with two attached hydrogens (primary N) is 1. The summed E-state index contributed by atoms with van der Waals surface area (Å²) in [5.41, 5.74) is 9.47. The lowest BCUT2D eigenvalue weighted by Crippen LogP contribution is -2.02. The molecule has 8 nitrogen and oxygen atoms in total. The van der Waals surface area contributed by atoms with Crippen molar-refractivity contribution in [1.29, 1.82) is 0 Å². The van der Waals surface area contributed by atoms with Gasteiger partial charge in [-0.1, -0.05) is 29.4 Å². The summed E-state index contributed by atoms with van der Waals surface area (Å²) in [6, 6.07) is 9.59. The van der Waals surface area contributed by atoms with Gasteiger partial charge in [0.25, 0.3) is 11.4 Å². The molecule has 3 heterocycles. The number of nitrogens with zero attached hydrogens (tertiary/aromatic N) is 4. The summed E-state index contributed by atoms with van der Waals surface area (Å²) in [4.78, 5) is 21.6. The number of nitrogens with one attached hydrogen (secondary N) is 1. The molecule has 5 rings (SSSR count). The van der Waals surface area contributed by atoms with Crippen molar-refractivity contribution in [2.45, 2.75) is 25.3 Å². The highest BCUT2D eigenvalue weighted by molar-refractivity contribution is 5.90. The SMILES string of the molecule is Cn1[nH]c(=O)c2c(-c3nc(-c4ccc(CN)cc4)no3)cc(C3CC3)nc21. The Bertz CT molecular complexity index is 1200. The van der Waals surface area contributed by atoms with Gasteiger partial charge in [0.2, 0.25) is 5.82 Å². The van der Waals surface area contributed by atoms with Crippen LogP contribution >= 0.6 is 0 Å². The van der Waals surface area contributed by atoms with Crippen molar-refractivity contribution in [3.05, 3.63) is 51.9 Å². The minimum Gasteiger partial charge on any atom is -0.334 e. The van der Waals surface area contributed by atoms with Crippen LogP contribution in [0.1, 0.15) is 30.0 Å². The number of fused-ring (bicyclic) bond motifs is 1. The third kappa shape index (κ3) is 2.65. The van der Waals surface area contributed by atoms with E-state index in [4.69, 9.17) is 10.3 Å². The molecular formula is C19H18N6O2. The van der Waals surface area contributed by atoms with E-state index in [1.54, 1.807) is 11.7 Å². The van der Waals surface area contributed by atoms with E-state index in [2.05, 4.69) is 20.2 Å². The summed E-state index contributed by atoms with van der Waals surface area (Å²) in [5, 5.41) is 7.32. The number of pyridine rings is 1. The maximum Gasteiger partial charge on any atom is 0.274 e. The summed E-state index contributed by atoms with van der Waals surface area (Å²) >= 11 is 0. The molecule has 1 aliphatic carbocycles. The quantitative estimate of drug-likeness (QED) is 0.575. The smallest absolute Gasteiger partial charge is 0.274 e. The minimum absolute atomic E-state index is 0.218. The van der Waals surface area contributed by atoms with Gasteiger partial charge >= 0.3 is 0 Å². The number of rotatable bonds is 4. The maximum absolute atomic E-state index is 12.4. The Morgan fingerprint density at radius 2 is 2.04 bits per heavy atom. The lowest BCUT2D eigenvalue weighted by atomic mass is 10.1. The van der Waals surface area contributed by atoms with Gasteiger partial charge in [-0.25, -0.2) is 4.98 Å². The summed E-state index contributed by atoms with van der Waals surface area (Å²) in [6.45, 7) is 0.480. The molecule has 4 aromatic rings. The predicted octanol–water partition coefficient (Wildman–Crippen LogP) is 2.31. The molecule has 27 heavy (non-hydrogen) atoms. The first-order valence-corrected chi connectivity index (χ1v) is 8.87. The number of aryl methyl sites for hydroxylation is 1. The summed E-state index contributed by atoms with van der Waals surface area (Å²) in [7, 11) is 1.77. The fourth-order valence-electron chi connectivity index (χ4n) is 3.28. The van der Waals surface area contributed by atoms with Crippen LogP contribution in [0.5, 0.6) is 0 Å². The Morgan fingerprint density at radius 1 is 1.26 bits per heavy atom. The van der Waals surface area contributed by atoms with Crippen LogP contribution in [-0.4, -0.2) is 24.9 Å². The Balaban J connectivity index is 1.65. The van der Waals surface area contributed by atoms with E-state index >= 15 is 0 Å². The zero-order chi connectivity index (χ0) is 18.5. The number of H-pyrrole nitrogens is 1. The van der Waals surface area contributed by atoms with Gasteiger partial charge in [-0.05, 0) is 24.5 Å². The lowest BCUT2D eigenvalue weighted by Gasteiger charge is -2.03. The van der Waals surface area contributed by atoms with Crippen LogP contribution in [-0.2, 0) is 13.6 Å². The number of hydrogen-bond acceptors (Lipinski definition) is 6. The van der Waals surface area contributed by atoms with Gasteiger partial charge in [-0.2, -0.15) is 4.98 Å². The largest absolute Gasteiger partial charge is 0.334 e. The fourth-order valence-corrected chi connectivity index (χ4v) is 3.28. The molecule has 0 radical (unpaired) electrons. The molecule has 0 unspecified atom stereocenters. The van der Waals surface area contributed by atoms with Crippen molar-refractivity contribution < 1.29 is 4.52 Å². The number of benzene rings is 1. The van der Waals surface area contributed by atoms with Gasteiger partial charge in [0.05, 0.1) is 10.9 Å². The molecule has 136 valence electrons. The molecule has 3 aromatic heterocycles. The first-order valence-electron chi connectivity index (χ1n) is 8.87. The Kier molecular flexibility index (Phi) is 3.48. The monoisotopic (exact) mass is 362 g/mol. The molecule has 1 aromatic carbocycles. The summed E-state index contributed by atoms with van der Waals surface area (Å²) in [5.74, 6) is 1.22. The van der Waals surface area contributed by atoms with Crippen LogP contribution in [0.25, 0.3) is 33.9 Å². The molecular weight excluding hydrogens is 344 g/mol. The normalized spacial score (nSPS) is 14.1. The molecule has 0 amide bonds. The van der Waals surface area contributed by atoms with Crippen LogP contribution in [0.15, 0.2) is 39.6 Å². The first kappa shape index (κ1) is 16.0. The number of aromatic amines is 1. The van der Waals surface area contributed by atoms with Crippen LogP contribution < -0.4 is 11.3 Å². The van der Waals surface area contributed by atoms with Crippen LogP contribution in [0, 0.1) is 0 Å². The maximum atomic E-state index is 12.4. The van der Waals surface area contributed by atoms with E-state index in [1.807, 2.05) is 30.3 Å². The Hall–Kier alpha value is -3.26. The third-order valence-corrected chi connectivity index (χ3v) is 4.93. The van der Waals surface area contributed by atoms with Crippen molar-refractivity contribution in [2.24, 2.45) is 12.8 Å². The van der Waals surface area contributed by atoms with Gasteiger partial charge in [-0.3, -0.25) is 14.6 Å². The number of aromatic nitrogens is 5. The van der Waals surface area contributed by atoms with Gasteiger partial charge < -0.3 is 10.3 Å². The highest BCUT2D eigenvalue weighted by Gasteiger charge is 2.28. The van der Waals surface area contributed by atoms with Crippen LogP contribution in [0.3, 0.4) is 0 Å². The molecule has 0 aliphatic heterocycles.